The highest BCUT2D eigenvalue weighted by Gasteiger charge is 2.32. The minimum atomic E-state index is -0.213. The Hall–Kier alpha value is -1.38. The summed E-state index contributed by atoms with van der Waals surface area (Å²) in [6.45, 7) is 5.07. The van der Waals surface area contributed by atoms with Crippen LogP contribution in [0.5, 0.6) is 0 Å². The van der Waals surface area contributed by atoms with E-state index in [1.807, 2.05) is 11.8 Å². The number of rotatable bonds is 6. The smallest absolute Gasteiger partial charge is 0.225 e. The number of likely N-dealkylation sites (tertiary alicyclic amines) is 1. The summed E-state index contributed by atoms with van der Waals surface area (Å²) in [6, 6.07) is 6.82. The second-order valence-electron chi connectivity index (χ2n) is 7.53. The van der Waals surface area contributed by atoms with Crippen LogP contribution in [-0.4, -0.2) is 49.0 Å². The predicted octanol–water partition coefficient (Wildman–Crippen LogP) is 3.33. The standard InChI is InChI=1S/C21H31FN4O.HI/c1-2-23-21(24-13-11-16-7-9-18(22)10-8-16)25-19-12-14-26(15-19)20(27)17-5-3-4-6-17;/h7-10,17,19H,2-6,11-15H2,1H3,(H2,23,24,25);1H. The van der Waals surface area contributed by atoms with Gasteiger partial charge in [-0.2, -0.15) is 0 Å². The number of carbonyl (C=O) groups is 1. The number of aliphatic imine (C=N–C) groups is 1. The van der Waals surface area contributed by atoms with Gasteiger partial charge in [0, 0.05) is 38.1 Å². The molecular weight excluding hydrogens is 470 g/mol. The zero-order chi connectivity index (χ0) is 19.1. The Morgan fingerprint density at radius 3 is 2.61 bits per heavy atom. The molecule has 7 heteroatoms. The van der Waals surface area contributed by atoms with Gasteiger partial charge >= 0.3 is 0 Å². The average molecular weight is 502 g/mol. The fourth-order valence-electron chi connectivity index (χ4n) is 3.97. The molecule has 1 heterocycles. The van der Waals surface area contributed by atoms with E-state index in [1.165, 1.54) is 25.0 Å². The van der Waals surface area contributed by atoms with Gasteiger partial charge in [0.2, 0.25) is 5.91 Å². The highest BCUT2D eigenvalue weighted by Crippen LogP contribution is 2.27. The number of halogens is 2. The molecule has 5 nitrogen and oxygen atoms in total. The third-order valence-corrected chi connectivity index (χ3v) is 5.47. The number of benzene rings is 1. The third kappa shape index (κ3) is 6.60. The molecule has 28 heavy (non-hydrogen) atoms. The van der Waals surface area contributed by atoms with E-state index in [4.69, 9.17) is 0 Å². The van der Waals surface area contributed by atoms with Crippen LogP contribution in [0, 0.1) is 11.7 Å². The van der Waals surface area contributed by atoms with Crippen LogP contribution >= 0.6 is 24.0 Å². The molecule has 3 rings (SSSR count). The second-order valence-corrected chi connectivity index (χ2v) is 7.53. The summed E-state index contributed by atoms with van der Waals surface area (Å²) in [5.74, 6) is 1.17. The quantitative estimate of drug-likeness (QED) is 0.357. The molecule has 2 N–H and O–H groups in total. The molecule has 0 radical (unpaired) electrons. The first kappa shape index (κ1) is 22.9. The topological polar surface area (TPSA) is 56.7 Å². The van der Waals surface area contributed by atoms with Crippen LogP contribution in [0.2, 0.25) is 0 Å². The van der Waals surface area contributed by atoms with Crippen molar-refractivity contribution in [2.45, 2.75) is 51.5 Å². The van der Waals surface area contributed by atoms with Gasteiger partial charge in [0.1, 0.15) is 5.82 Å². The fraction of sp³-hybridized carbons (Fsp3) is 0.619. The van der Waals surface area contributed by atoms with Crippen molar-refractivity contribution >= 4 is 35.8 Å². The molecule has 1 amide bonds. The van der Waals surface area contributed by atoms with Crippen LogP contribution < -0.4 is 10.6 Å². The maximum absolute atomic E-state index is 13.0. The molecule has 2 fully saturated rings. The Morgan fingerprint density at radius 1 is 1.21 bits per heavy atom. The Kier molecular flexibility index (Phi) is 9.47. The van der Waals surface area contributed by atoms with Gasteiger partial charge in [-0.3, -0.25) is 9.79 Å². The summed E-state index contributed by atoms with van der Waals surface area (Å²) in [5.41, 5.74) is 1.07. The third-order valence-electron chi connectivity index (χ3n) is 5.47. The maximum Gasteiger partial charge on any atom is 0.225 e. The van der Waals surface area contributed by atoms with Gasteiger partial charge in [0.15, 0.2) is 5.96 Å². The SMILES string of the molecule is CCNC(=NCCc1ccc(F)cc1)NC1CCN(C(=O)C2CCCC2)C1.I. The number of guanidine groups is 1. The Labute approximate surface area is 184 Å². The highest BCUT2D eigenvalue weighted by atomic mass is 127. The van der Waals surface area contributed by atoms with Crippen molar-refractivity contribution in [2.75, 3.05) is 26.2 Å². The lowest BCUT2D eigenvalue weighted by Crippen LogP contribution is -2.45. The number of hydrogen-bond donors (Lipinski definition) is 2. The molecule has 1 aliphatic heterocycles. The van der Waals surface area contributed by atoms with E-state index in [1.54, 1.807) is 12.1 Å². The van der Waals surface area contributed by atoms with E-state index in [2.05, 4.69) is 15.6 Å². The second kappa shape index (κ2) is 11.6. The van der Waals surface area contributed by atoms with Crippen LogP contribution in [0.25, 0.3) is 0 Å². The molecule has 0 aromatic heterocycles. The van der Waals surface area contributed by atoms with E-state index < -0.39 is 0 Å². The summed E-state index contributed by atoms with van der Waals surface area (Å²) < 4.78 is 13.0. The molecule has 0 spiro atoms. The highest BCUT2D eigenvalue weighted by molar-refractivity contribution is 14.0. The molecule has 1 atom stereocenters. The van der Waals surface area contributed by atoms with Gasteiger partial charge in [-0.15, -0.1) is 24.0 Å². The monoisotopic (exact) mass is 502 g/mol. The first-order chi connectivity index (χ1) is 13.2. The lowest BCUT2D eigenvalue weighted by Gasteiger charge is -2.21. The molecule has 1 saturated heterocycles. The van der Waals surface area contributed by atoms with Crippen LogP contribution in [0.3, 0.4) is 0 Å². The molecule has 1 saturated carbocycles. The molecule has 1 unspecified atom stereocenters. The number of carbonyl (C=O) groups excluding carboxylic acids is 1. The summed E-state index contributed by atoms with van der Waals surface area (Å²) in [5, 5.41) is 6.75. The molecule has 1 aromatic carbocycles. The van der Waals surface area contributed by atoms with E-state index >= 15 is 0 Å². The summed E-state index contributed by atoms with van der Waals surface area (Å²) in [4.78, 5) is 19.2. The molecular formula is C21H32FIN4O. The maximum atomic E-state index is 13.0. The van der Waals surface area contributed by atoms with Crippen LogP contribution in [0.1, 0.15) is 44.6 Å². The van der Waals surface area contributed by atoms with Gasteiger partial charge in [0.25, 0.3) is 0 Å². The van der Waals surface area contributed by atoms with E-state index in [-0.39, 0.29) is 41.8 Å². The van der Waals surface area contributed by atoms with E-state index in [0.29, 0.717) is 12.5 Å². The zero-order valence-electron chi connectivity index (χ0n) is 16.6. The summed E-state index contributed by atoms with van der Waals surface area (Å²) >= 11 is 0. The van der Waals surface area contributed by atoms with E-state index in [9.17, 15) is 9.18 Å². The molecule has 156 valence electrons. The Bertz CT molecular complexity index is 646. The lowest BCUT2D eigenvalue weighted by atomic mass is 10.1. The van der Waals surface area contributed by atoms with Crippen molar-refractivity contribution in [1.82, 2.24) is 15.5 Å². The van der Waals surface area contributed by atoms with Crippen molar-refractivity contribution in [3.8, 4) is 0 Å². The van der Waals surface area contributed by atoms with Crippen molar-refractivity contribution in [1.29, 1.82) is 0 Å². The minimum absolute atomic E-state index is 0. The summed E-state index contributed by atoms with van der Waals surface area (Å²) in [7, 11) is 0. The van der Waals surface area contributed by atoms with Gasteiger partial charge in [0.05, 0.1) is 0 Å². The first-order valence-electron chi connectivity index (χ1n) is 10.2. The number of amides is 1. The Balaban J connectivity index is 0.00000280. The van der Waals surface area contributed by atoms with Crippen molar-refractivity contribution in [3.63, 3.8) is 0 Å². The van der Waals surface area contributed by atoms with Crippen LogP contribution in [0.15, 0.2) is 29.3 Å². The minimum Gasteiger partial charge on any atom is -0.357 e. The van der Waals surface area contributed by atoms with Gasteiger partial charge in [-0.05, 0) is 50.3 Å². The summed E-state index contributed by atoms with van der Waals surface area (Å²) in [6.07, 6.45) is 6.23. The van der Waals surface area contributed by atoms with Crippen molar-refractivity contribution in [3.05, 3.63) is 35.6 Å². The number of nitrogens with zero attached hydrogens (tertiary/aromatic N) is 2. The molecule has 2 aliphatic rings. The van der Waals surface area contributed by atoms with Gasteiger partial charge < -0.3 is 15.5 Å². The largest absolute Gasteiger partial charge is 0.357 e. The average Bonchev–Trinajstić information content (AvgIpc) is 3.35. The van der Waals surface area contributed by atoms with Crippen LogP contribution in [0.4, 0.5) is 4.39 Å². The van der Waals surface area contributed by atoms with Crippen LogP contribution in [-0.2, 0) is 11.2 Å². The predicted molar refractivity (Wildman–Crippen MR) is 122 cm³/mol. The Morgan fingerprint density at radius 2 is 1.93 bits per heavy atom. The number of nitrogens with one attached hydrogen (secondary N) is 2. The van der Waals surface area contributed by atoms with Crippen molar-refractivity contribution in [2.24, 2.45) is 10.9 Å². The number of hydrogen-bond acceptors (Lipinski definition) is 2. The van der Waals surface area contributed by atoms with E-state index in [0.717, 1.165) is 56.8 Å². The lowest BCUT2D eigenvalue weighted by molar-refractivity contribution is -0.134. The molecule has 1 aliphatic carbocycles. The van der Waals surface area contributed by atoms with Gasteiger partial charge in [-0.25, -0.2) is 4.39 Å². The zero-order valence-corrected chi connectivity index (χ0v) is 19.0. The fourth-order valence-corrected chi connectivity index (χ4v) is 3.97. The molecule has 0 bridgehead atoms. The normalized spacial score (nSPS) is 20.1. The van der Waals surface area contributed by atoms with Crippen molar-refractivity contribution < 1.29 is 9.18 Å². The first-order valence-corrected chi connectivity index (χ1v) is 10.2. The molecule has 1 aromatic rings. The van der Waals surface area contributed by atoms with Gasteiger partial charge in [-0.1, -0.05) is 25.0 Å².